The quantitative estimate of drug-likeness (QED) is 0.592. The first-order chi connectivity index (χ1) is 7.22. The monoisotopic (exact) mass is 223 g/mol. The van der Waals surface area contributed by atoms with Gasteiger partial charge in [0, 0.05) is 18.0 Å². The SMILES string of the molecule is C=CCNCC(=O)Cc1cccc(Cl)c1. The lowest BCUT2D eigenvalue weighted by Gasteiger charge is -2.02. The number of halogens is 1. The number of Topliss-reactive ketones (excluding diaryl/α,β-unsaturated/α-hetero) is 1. The number of ketones is 1. The minimum Gasteiger partial charge on any atom is -0.307 e. The van der Waals surface area contributed by atoms with Gasteiger partial charge in [-0.2, -0.15) is 0 Å². The van der Waals surface area contributed by atoms with Crippen molar-refractivity contribution in [3.05, 3.63) is 47.5 Å². The minimum atomic E-state index is 0.152. The van der Waals surface area contributed by atoms with Crippen molar-refractivity contribution in [2.24, 2.45) is 0 Å². The minimum absolute atomic E-state index is 0.152. The summed E-state index contributed by atoms with van der Waals surface area (Å²) in [5.41, 5.74) is 0.952. The van der Waals surface area contributed by atoms with Crippen molar-refractivity contribution in [3.8, 4) is 0 Å². The van der Waals surface area contributed by atoms with Crippen LogP contribution >= 0.6 is 11.6 Å². The lowest BCUT2D eigenvalue weighted by Crippen LogP contribution is -2.24. The topological polar surface area (TPSA) is 29.1 Å². The number of nitrogens with one attached hydrogen (secondary N) is 1. The van der Waals surface area contributed by atoms with Gasteiger partial charge in [-0.05, 0) is 17.7 Å². The molecular formula is C12H14ClNO. The van der Waals surface area contributed by atoms with E-state index >= 15 is 0 Å². The van der Waals surface area contributed by atoms with Gasteiger partial charge in [-0.3, -0.25) is 4.79 Å². The molecule has 0 saturated heterocycles. The first-order valence-electron chi connectivity index (χ1n) is 4.80. The summed E-state index contributed by atoms with van der Waals surface area (Å²) in [6.45, 7) is 4.59. The number of benzene rings is 1. The molecule has 15 heavy (non-hydrogen) atoms. The van der Waals surface area contributed by atoms with Crippen molar-refractivity contribution in [1.29, 1.82) is 0 Å². The van der Waals surface area contributed by atoms with Gasteiger partial charge in [-0.1, -0.05) is 29.8 Å². The Balaban J connectivity index is 2.40. The van der Waals surface area contributed by atoms with Crippen molar-refractivity contribution in [2.45, 2.75) is 6.42 Å². The van der Waals surface area contributed by atoms with Gasteiger partial charge in [0.05, 0.1) is 6.54 Å². The first kappa shape index (κ1) is 12.0. The molecule has 0 heterocycles. The molecule has 0 unspecified atom stereocenters. The second kappa shape index (κ2) is 6.38. The molecule has 1 aromatic carbocycles. The van der Waals surface area contributed by atoms with Crippen LogP contribution in [-0.2, 0) is 11.2 Å². The molecule has 0 saturated carbocycles. The maximum atomic E-state index is 11.5. The normalized spacial score (nSPS) is 9.93. The molecule has 3 heteroatoms. The van der Waals surface area contributed by atoms with Crippen molar-refractivity contribution in [2.75, 3.05) is 13.1 Å². The smallest absolute Gasteiger partial charge is 0.150 e. The van der Waals surface area contributed by atoms with Gasteiger partial charge in [0.15, 0.2) is 5.78 Å². The molecule has 0 atom stereocenters. The van der Waals surface area contributed by atoms with Gasteiger partial charge >= 0.3 is 0 Å². The van der Waals surface area contributed by atoms with Gasteiger partial charge in [-0.25, -0.2) is 0 Å². The summed E-state index contributed by atoms with van der Waals surface area (Å²) in [5.74, 6) is 0.152. The molecule has 0 aliphatic carbocycles. The summed E-state index contributed by atoms with van der Waals surface area (Å²) < 4.78 is 0. The largest absolute Gasteiger partial charge is 0.307 e. The second-order valence-corrected chi connectivity index (χ2v) is 3.70. The van der Waals surface area contributed by atoms with E-state index in [0.717, 1.165) is 5.56 Å². The van der Waals surface area contributed by atoms with Gasteiger partial charge in [0.1, 0.15) is 0 Å². The molecular weight excluding hydrogens is 210 g/mol. The fourth-order valence-electron chi connectivity index (χ4n) is 1.25. The number of hydrogen-bond donors (Lipinski definition) is 1. The third-order valence-corrected chi connectivity index (χ3v) is 2.14. The van der Waals surface area contributed by atoms with Crippen LogP contribution in [0, 0.1) is 0 Å². The summed E-state index contributed by atoms with van der Waals surface area (Å²) in [5, 5.41) is 3.64. The van der Waals surface area contributed by atoms with Crippen molar-refractivity contribution in [3.63, 3.8) is 0 Å². The molecule has 2 nitrogen and oxygen atoms in total. The van der Waals surface area contributed by atoms with Crippen molar-refractivity contribution < 1.29 is 4.79 Å². The zero-order valence-electron chi connectivity index (χ0n) is 8.50. The summed E-state index contributed by atoms with van der Waals surface area (Å²) >= 11 is 5.81. The van der Waals surface area contributed by atoms with Crippen LogP contribution in [0.15, 0.2) is 36.9 Å². The molecule has 0 radical (unpaired) electrons. The number of hydrogen-bond acceptors (Lipinski definition) is 2. The van der Waals surface area contributed by atoms with Gasteiger partial charge in [0.25, 0.3) is 0 Å². The van der Waals surface area contributed by atoms with Crippen LogP contribution in [-0.4, -0.2) is 18.9 Å². The number of carbonyl (C=O) groups excluding carboxylic acids is 1. The highest BCUT2D eigenvalue weighted by Gasteiger charge is 2.02. The highest BCUT2D eigenvalue weighted by atomic mass is 35.5. The highest BCUT2D eigenvalue weighted by molar-refractivity contribution is 6.30. The van der Waals surface area contributed by atoms with Crippen molar-refractivity contribution >= 4 is 17.4 Å². The van der Waals surface area contributed by atoms with E-state index in [1.807, 2.05) is 18.2 Å². The average Bonchev–Trinajstić information content (AvgIpc) is 2.18. The maximum Gasteiger partial charge on any atom is 0.150 e. The van der Waals surface area contributed by atoms with Crippen LogP contribution in [0.3, 0.4) is 0 Å². The van der Waals surface area contributed by atoms with Crippen LogP contribution in [0.2, 0.25) is 5.02 Å². The van der Waals surface area contributed by atoms with Gasteiger partial charge in [-0.15, -0.1) is 6.58 Å². The number of carbonyl (C=O) groups is 1. The van der Waals surface area contributed by atoms with Crippen LogP contribution in [0.4, 0.5) is 0 Å². The molecule has 0 fully saturated rings. The van der Waals surface area contributed by atoms with E-state index in [1.165, 1.54) is 0 Å². The zero-order valence-corrected chi connectivity index (χ0v) is 9.26. The third kappa shape index (κ3) is 4.77. The van der Waals surface area contributed by atoms with E-state index in [-0.39, 0.29) is 5.78 Å². The van der Waals surface area contributed by atoms with E-state index in [2.05, 4.69) is 11.9 Å². The average molecular weight is 224 g/mol. The second-order valence-electron chi connectivity index (χ2n) is 3.26. The van der Waals surface area contributed by atoms with Crippen LogP contribution in [0.25, 0.3) is 0 Å². The van der Waals surface area contributed by atoms with Crippen LogP contribution < -0.4 is 5.32 Å². The van der Waals surface area contributed by atoms with Crippen LogP contribution in [0.1, 0.15) is 5.56 Å². The maximum absolute atomic E-state index is 11.5. The molecule has 1 aromatic rings. The number of rotatable bonds is 6. The third-order valence-electron chi connectivity index (χ3n) is 1.90. The molecule has 0 aliphatic heterocycles. The molecule has 0 amide bonds. The Morgan fingerprint density at radius 2 is 2.33 bits per heavy atom. The fourth-order valence-corrected chi connectivity index (χ4v) is 1.46. The Labute approximate surface area is 94.9 Å². The molecule has 0 aromatic heterocycles. The van der Waals surface area contributed by atoms with Crippen molar-refractivity contribution in [1.82, 2.24) is 5.32 Å². The molecule has 0 bridgehead atoms. The fraction of sp³-hybridized carbons (Fsp3) is 0.250. The van der Waals surface area contributed by atoms with Gasteiger partial charge in [0.2, 0.25) is 0 Å². The van der Waals surface area contributed by atoms with Crippen LogP contribution in [0.5, 0.6) is 0 Å². The van der Waals surface area contributed by atoms with E-state index in [9.17, 15) is 4.79 Å². The Morgan fingerprint density at radius 3 is 3.00 bits per heavy atom. The summed E-state index contributed by atoms with van der Waals surface area (Å²) in [4.78, 5) is 11.5. The molecule has 80 valence electrons. The molecule has 1 N–H and O–H groups in total. The Bertz CT molecular complexity index is 349. The van der Waals surface area contributed by atoms with E-state index in [1.54, 1.807) is 12.1 Å². The summed E-state index contributed by atoms with van der Waals surface area (Å²) in [6, 6.07) is 7.36. The Kier molecular flexibility index (Phi) is 5.08. The molecule has 1 rings (SSSR count). The molecule has 0 spiro atoms. The highest BCUT2D eigenvalue weighted by Crippen LogP contribution is 2.11. The predicted molar refractivity (Wildman–Crippen MR) is 63.2 cm³/mol. The Morgan fingerprint density at radius 1 is 1.53 bits per heavy atom. The zero-order chi connectivity index (χ0) is 11.1. The van der Waals surface area contributed by atoms with E-state index in [4.69, 9.17) is 11.6 Å². The summed E-state index contributed by atoms with van der Waals surface area (Å²) in [6.07, 6.45) is 2.15. The lowest BCUT2D eigenvalue weighted by atomic mass is 10.1. The summed E-state index contributed by atoms with van der Waals surface area (Å²) in [7, 11) is 0. The van der Waals surface area contributed by atoms with E-state index < -0.39 is 0 Å². The van der Waals surface area contributed by atoms with E-state index in [0.29, 0.717) is 24.5 Å². The predicted octanol–water partition coefficient (Wildman–Crippen LogP) is 2.23. The standard InChI is InChI=1S/C12H14ClNO/c1-2-6-14-9-12(15)8-10-4-3-5-11(13)7-10/h2-5,7,14H,1,6,8-9H2. The Hall–Kier alpha value is -1.12. The lowest BCUT2D eigenvalue weighted by molar-refractivity contribution is -0.117. The first-order valence-corrected chi connectivity index (χ1v) is 5.18. The molecule has 0 aliphatic rings. The van der Waals surface area contributed by atoms with Gasteiger partial charge < -0.3 is 5.32 Å².